The molecule has 2 aliphatic rings. The van der Waals surface area contributed by atoms with E-state index in [1.165, 1.54) is 0 Å². The van der Waals surface area contributed by atoms with Gasteiger partial charge in [0.1, 0.15) is 0 Å². The Morgan fingerprint density at radius 1 is 1.22 bits per heavy atom. The molecule has 0 radical (unpaired) electrons. The predicted octanol–water partition coefficient (Wildman–Crippen LogP) is 1.35. The van der Waals surface area contributed by atoms with Crippen molar-refractivity contribution >= 4 is 18.3 Å². The van der Waals surface area contributed by atoms with Gasteiger partial charge in [-0.2, -0.15) is 0 Å². The number of hydrogen-bond donors (Lipinski definition) is 1. The average Bonchev–Trinajstić information content (AvgIpc) is 2.80. The topological polar surface area (TPSA) is 43.4 Å². The summed E-state index contributed by atoms with van der Waals surface area (Å²) >= 11 is 0. The van der Waals surface area contributed by atoms with E-state index < -0.39 is 0 Å². The molecule has 2 aliphatic heterocycles. The highest BCUT2D eigenvalue weighted by molar-refractivity contribution is 6.62. The molecule has 0 bridgehead atoms. The fourth-order valence-electron chi connectivity index (χ4n) is 2.29. The summed E-state index contributed by atoms with van der Waals surface area (Å²) in [5, 5.41) is 3.33. The molecule has 0 aliphatic carbocycles. The molecule has 0 amide bonds. The quantitative estimate of drug-likeness (QED) is 0.759. The second-order valence-electron chi connectivity index (χ2n) is 6.03. The first-order chi connectivity index (χ1) is 8.39. The van der Waals surface area contributed by atoms with Crippen molar-refractivity contribution in [1.29, 1.82) is 0 Å². The van der Waals surface area contributed by atoms with Gasteiger partial charge in [-0.1, -0.05) is 0 Å². The number of anilines is 1. The highest BCUT2D eigenvalue weighted by Gasteiger charge is 2.51. The average molecular weight is 246 g/mol. The number of nitrogens with zero attached hydrogens (tertiary/aromatic N) is 1. The van der Waals surface area contributed by atoms with E-state index in [1.807, 2.05) is 6.20 Å². The number of rotatable bonds is 1. The Kier molecular flexibility index (Phi) is 2.47. The molecule has 1 saturated heterocycles. The first-order valence-electron chi connectivity index (χ1n) is 6.47. The van der Waals surface area contributed by atoms with E-state index in [1.54, 1.807) is 0 Å². The van der Waals surface area contributed by atoms with Gasteiger partial charge in [0.15, 0.2) is 0 Å². The van der Waals surface area contributed by atoms with E-state index in [9.17, 15) is 0 Å². The van der Waals surface area contributed by atoms with Gasteiger partial charge in [-0.05, 0) is 33.8 Å². The van der Waals surface area contributed by atoms with Gasteiger partial charge < -0.3 is 14.6 Å². The number of hydrogen-bond acceptors (Lipinski definition) is 4. The molecule has 0 atom stereocenters. The molecule has 1 aromatic heterocycles. The van der Waals surface area contributed by atoms with Gasteiger partial charge in [0.2, 0.25) is 0 Å². The van der Waals surface area contributed by atoms with E-state index in [-0.39, 0.29) is 18.3 Å². The zero-order chi connectivity index (χ0) is 13.0. The summed E-state index contributed by atoms with van der Waals surface area (Å²) < 4.78 is 12.0. The third-order valence-electron chi connectivity index (χ3n) is 4.19. The van der Waals surface area contributed by atoms with Gasteiger partial charge in [-0.15, -0.1) is 0 Å². The molecule has 1 fully saturated rings. The van der Waals surface area contributed by atoms with Crippen LogP contribution < -0.4 is 10.8 Å². The van der Waals surface area contributed by atoms with Crippen molar-refractivity contribution in [2.24, 2.45) is 0 Å². The van der Waals surface area contributed by atoms with Gasteiger partial charge >= 0.3 is 7.12 Å². The van der Waals surface area contributed by atoms with Gasteiger partial charge in [-0.25, -0.2) is 0 Å². The predicted molar refractivity (Wildman–Crippen MR) is 72.1 cm³/mol. The molecular formula is C13H19BN2O2. The summed E-state index contributed by atoms with van der Waals surface area (Å²) in [6, 6.07) is 2.09. The van der Waals surface area contributed by atoms with Crippen molar-refractivity contribution in [3.05, 3.63) is 18.0 Å². The molecule has 4 nitrogen and oxygen atoms in total. The lowest BCUT2D eigenvalue weighted by atomic mass is 9.80. The minimum atomic E-state index is -0.324. The third kappa shape index (κ3) is 1.73. The summed E-state index contributed by atoms with van der Waals surface area (Å²) in [6.07, 6.45) is 2.87. The van der Waals surface area contributed by atoms with Crippen LogP contribution in [0.1, 0.15) is 33.4 Å². The third-order valence-corrected chi connectivity index (χ3v) is 4.19. The van der Waals surface area contributed by atoms with Crippen LogP contribution in [0.5, 0.6) is 0 Å². The summed E-state index contributed by atoms with van der Waals surface area (Å²) in [7, 11) is -0.324. The van der Waals surface area contributed by atoms with Gasteiger partial charge in [0, 0.05) is 24.6 Å². The molecule has 0 spiro atoms. The molecule has 96 valence electrons. The second-order valence-corrected chi connectivity index (χ2v) is 6.03. The van der Waals surface area contributed by atoms with Crippen LogP contribution in [0.4, 0.5) is 5.69 Å². The molecule has 3 rings (SSSR count). The van der Waals surface area contributed by atoms with Crippen LogP contribution in [0.15, 0.2) is 12.3 Å². The molecule has 0 aromatic carbocycles. The molecule has 0 saturated carbocycles. The van der Waals surface area contributed by atoms with Crippen molar-refractivity contribution in [3.63, 3.8) is 0 Å². The van der Waals surface area contributed by atoms with Crippen molar-refractivity contribution in [2.75, 3.05) is 11.9 Å². The largest absolute Gasteiger partial charge is 0.496 e. The lowest BCUT2D eigenvalue weighted by Gasteiger charge is -2.32. The Hall–Kier alpha value is -1.07. The lowest BCUT2D eigenvalue weighted by molar-refractivity contribution is 0.00578. The summed E-state index contributed by atoms with van der Waals surface area (Å²) in [5.41, 5.74) is 2.63. The maximum atomic E-state index is 6.02. The van der Waals surface area contributed by atoms with Crippen LogP contribution in [-0.4, -0.2) is 29.8 Å². The fourth-order valence-corrected chi connectivity index (χ4v) is 2.29. The summed E-state index contributed by atoms with van der Waals surface area (Å²) in [6.45, 7) is 9.21. The smallest absolute Gasteiger partial charge is 0.399 e. The molecule has 1 aromatic rings. The Morgan fingerprint density at radius 3 is 2.56 bits per heavy atom. The number of aromatic nitrogens is 1. The maximum Gasteiger partial charge on any atom is 0.496 e. The summed E-state index contributed by atoms with van der Waals surface area (Å²) in [5.74, 6) is 0. The van der Waals surface area contributed by atoms with Crippen molar-refractivity contribution in [2.45, 2.75) is 45.3 Å². The van der Waals surface area contributed by atoms with E-state index in [4.69, 9.17) is 9.31 Å². The van der Waals surface area contributed by atoms with Crippen LogP contribution >= 0.6 is 0 Å². The molecule has 1 N–H and O–H groups in total. The van der Waals surface area contributed by atoms with Gasteiger partial charge in [0.25, 0.3) is 0 Å². The minimum Gasteiger partial charge on any atom is -0.399 e. The Bertz CT molecular complexity index is 472. The Balaban J connectivity index is 1.89. The molecule has 5 heteroatoms. The van der Waals surface area contributed by atoms with E-state index in [2.05, 4.69) is 44.1 Å². The first kappa shape index (κ1) is 12.0. The maximum absolute atomic E-state index is 6.02. The van der Waals surface area contributed by atoms with Crippen LogP contribution in [0.3, 0.4) is 0 Å². The van der Waals surface area contributed by atoms with Crippen LogP contribution in [-0.2, 0) is 15.7 Å². The van der Waals surface area contributed by atoms with Crippen LogP contribution in [0.2, 0.25) is 0 Å². The molecule has 3 heterocycles. The highest BCUT2D eigenvalue weighted by Crippen LogP contribution is 2.36. The summed E-state index contributed by atoms with van der Waals surface area (Å²) in [4.78, 5) is 4.48. The second kappa shape index (κ2) is 3.71. The normalized spacial score (nSPS) is 23.9. The van der Waals surface area contributed by atoms with E-state index in [0.29, 0.717) is 0 Å². The zero-order valence-corrected chi connectivity index (χ0v) is 11.4. The van der Waals surface area contributed by atoms with Crippen molar-refractivity contribution in [1.82, 2.24) is 4.98 Å². The minimum absolute atomic E-state index is 0.301. The SMILES string of the molecule is CC1(C)OB(c2cnc3c(c2)NCC3)OC1(C)C. The number of pyridine rings is 1. The van der Waals surface area contributed by atoms with E-state index >= 15 is 0 Å². The van der Waals surface area contributed by atoms with Gasteiger partial charge in [0.05, 0.1) is 22.6 Å². The zero-order valence-electron chi connectivity index (χ0n) is 11.4. The molecule has 0 unspecified atom stereocenters. The Morgan fingerprint density at radius 2 is 1.89 bits per heavy atom. The Labute approximate surface area is 108 Å². The van der Waals surface area contributed by atoms with E-state index in [0.717, 1.165) is 29.8 Å². The lowest BCUT2D eigenvalue weighted by Crippen LogP contribution is -2.41. The fraction of sp³-hybridized carbons (Fsp3) is 0.615. The standard InChI is InChI=1S/C13H19BN2O2/c1-12(2)13(3,4)18-14(17-12)9-7-11-10(16-8-9)5-6-15-11/h7-8,15H,5-6H2,1-4H3. The first-order valence-corrected chi connectivity index (χ1v) is 6.47. The molecular weight excluding hydrogens is 227 g/mol. The number of fused-ring (bicyclic) bond motifs is 1. The van der Waals surface area contributed by atoms with Crippen LogP contribution in [0.25, 0.3) is 0 Å². The van der Waals surface area contributed by atoms with Crippen molar-refractivity contribution < 1.29 is 9.31 Å². The monoisotopic (exact) mass is 246 g/mol. The molecule has 18 heavy (non-hydrogen) atoms. The number of nitrogens with one attached hydrogen (secondary N) is 1. The van der Waals surface area contributed by atoms with Gasteiger partial charge in [-0.3, -0.25) is 4.98 Å². The van der Waals surface area contributed by atoms with Crippen LogP contribution in [0, 0.1) is 0 Å². The van der Waals surface area contributed by atoms with Crippen molar-refractivity contribution in [3.8, 4) is 0 Å². The highest BCUT2D eigenvalue weighted by atomic mass is 16.7.